The van der Waals surface area contributed by atoms with Gasteiger partial charge in [-0.2, -0.15) is 4.21 Å². The molecule has 1 unspecified atom stereocenters. The summed E-state index contributed by atoms with van der Waals surface area (Å²) in [6, 6.07) is 13.1. The van der Waals surface area contributed by atoms with Gasteiger partial charge in [0.1, 0.15) is 5.75 Å². The van der Waals surface area contributed by atoms with Crippen LogP contribution in [0.25, 0.3) is 0 Å². The summed E-state index contributed by atoms with van der Waals surface area (Å²) < 4.78 is 29.4. The number of methoxy groups -OCH3 is 1. The van der Waals surface area contributed by atoms with Crippen LogP contribution in [0.2, 0.25) is 0 Å². The monoisotopic (exact) mass is 292 g/mol. The van der Waals surface area contributed by atoms with Crippen molar-refractivity contribution in [1.82, 2.24) is 0 Å². The SMILES string of the molecule is COc1ccc(C(=O)c2ccccc2)c(OS(=O)O)c1. The van der Waals surface area contributed by atoms with Crippen LogP contribution in [0.1, 0.15) is 15.9 Å². The highest BCUT2D eigenvalue weighted by Crippen LogP contribution is 2.27. The zero-order chi connectivity index (χ0) is 14.5. The molecular weight excluding hydrogens is 280 g/mol. The molecule has 0 aliphatic carbocycles. The second-order valence-electron chi connectivity index (χ2n) is 3.86. The van der Waals surface area contributed by atoms with E-state index in [2.05, 4.69) is 0 Å². The molecule has 0 aliphatic rings. The first-order valence-electron chi connectivity index (χ1n) is 5.69. The van der Waals surface area contributed by atoms with Crippen molar-refractivity contribution in [3.05, 3.63) is 59.7 Å². The Morgan fingerprint density at radius 3 is 2.45 bits per heavy atom. The minimum Gasteiger partial charge on any atom is -0.497 e. The van der Waals surface area contributed by atoms with Crippen LogP contribution in [0.15, 0.2) is 48.5 Å². The van der Waals surface area contributed by atoms with Gasteiger partial charge >= 0.3 is 11.4 Å². The fraction of sp³-hybridized carbons (Fsp3) is 0.0714. The van der Waals surface area contributed by atoms with Crippen LogP contribution < -0.4 is 8.92 Å². The second kappa shape index (κ2) is 6.31. The van der Waals surface area contributed by atoms with E-state index in [1.54, 1.807) is 36.4 Å². The molecule has 0 amide bonds. The topological polar surface area (TPSA) is 72.8 Å². The van der Waals surface area contributed by atoms with E-state index in [1.165, 1.54) is 19.2 Å². The van der Waals surface area contributed by atoms with Crippen molar-refractivity contribution < 1.29 is 22.5 Å². The van der Waals surface area contributed by atoms with Gasteiger partial charge in [-0.15, -0.1) is 0 Å². The summed E-state index contributed by atoms with van der Waals surface area (Å²) in [5.41, 5.74) is 0.658. The lowest BCUT2D eigenvalue weighted by Crippen LogP contribution is -2.07. The molecule has 0 heterocycles. The molecule has 0 bridgehead atoms. The first-order chi connectivity index (χ1) is 9.61. The number of benzene rings is 2. The third-order valence-corrected chi connectivity index (χ3v) is 2.95. The van der Waals surface area contributed by atoms with E-state index in [-0.39, 0.29) is 17.1 Å². The van der Waals surface area contributed by atoms with Gasteiger partial charge in [0.15, 0.2) is 11.5 Å². The maximum atomic E-state index is 12.3. The van der Waals surface area contributed by atoms with Crippen molar-refractivity contribution in [3.8, 4) is 11.5 Å². The first-order valence-corrected chi connectivity index (χ1v) is 6.72. The van der Waals surface area contributed by atoms with Crippen LogP contribution in [0.3, 0.4) is 0 Å². The standard InChI is InChI=1S/C14H12O5S/c1-18-11-7-8-12(13(9-11)19-20(16)17)14(15)10-5-3-2-4-6-10/h2-9H,1H3,(H,16,17). The van der Waals surface area contributed by atoms with E-state index < -0.39 is 11.4 Å². The predicted octanol–water partition coefficient (Wildman–Crippen LogP) is 2.44. The number of ketones is 1. The smallest absolute Gasteiger partial charge is 0.357 e. The number of hydrogen-bond donors (Lipinski definition) is 1. The first kappa shape index (κ1) is 14.2. The van der Waals surface area contributed by atoms with Crippen molar-refractivity contribution in [3.63, 3.8) is 0 Å². The van der Waals surface area contributed by atoms with E-state index in [1.807, 2.05) is 0 Å². The van der Waals surface area contributed by atoms with Crippen molar-refractivity contribution in [2.45, 2.75) is 0 Å². The zero-order valence-electron chi connectivity index (χ0n) is 10.6. The van der Waals surface area contributed by atoms with E-state index >= 15 is 0 Å². The third-order valence-electron chi connectivity index (χ3n) is 2.63. The van der Waals surface area contributed by atoms with Gasteiger partial charge in [0.05, 0.1) is 12.7 Å². The largest absolute Gasteiger partial charge is 0.497 e. The van der Waals surface area contributed by atoms with E-state index in [0.29, 0.717) is 11.3 Å². The normalized spacial score (nSPS) is 11.7. The molecule has 2 aromatic rings. The molecule has 1 N–H and O–H groups in total. The lowest BCUT2D eigenvalue weighted by molar-refractivity contribution is 0.103. The number of carbonyl (C=O) groups is 1. The van der Waals surface area contributed by atoms with Crippen molar-refractivity contribution >= 4 is 17.1 Å². The summed E-state index contributed by atoms with van der Waals surface area (Å²) in [7, 11) is 1.45. The molecule has 2 rings (SSSR count). The van der Waals surface area contributed by atoms with Gasteiger partial charge in [-0.1, -0.05) is 30.3 Å². The summed E-state index contributed by atoms with van der Waals surface area (Å²) in [4.78, 5) is 12.3. The maximum Gasteiger partial charge on any atom is 0.357 e. The molecule has 0 fully saturated rings. The Hall–Kier alpha value is -2.18. The summed E-state index contributed by atoms with van der Waals surface area (Å²) in [5, 5.41) is 0. The van der Waals surface area contributed by atoms with Crippen molar-refractivity contribution in [2.75, 3.05) is 7.11 Å². The molecule has 0 aromatic heterocycles. The fourth-order valence-corrected chi connectivity index (χ4v) is 2.00. The quantitative estimate of drug-likeness (QED) is 0.677. The summed E-state index contributed by atoms with van der Waals surface area (Å²) in [6.07, 6.45) is 0. The Kier molecular flexibility index (Phi) is 4.49. The molecule has 20 heavy (non-hydrogen) atoms. The van der Waals surface area contributed by atoms with Crippen LogP contribution in [-0.2, 0) is 11.4 Å². The minimum atomic E-state index is -2.52. The van der Waals surface area contributed by atoms with Crippen LogP contribution in [0.5, 0.6) is 11.5 Å². The number of hydrogen-bond acceptors (Lipinski definition) is 4. The summed E-state index contributed by atoms with van der Waals surface area (Å²) in [5.74, 6) is 0.128. The molecule has 0 saturated heterocycles. The Bertz CT molecular complexity index is 639. The maximum absolute atomic E-state index is 12.3. The lowest BCUT2D eigenvalue weighted by atomic mass is 10.0. The zero-order valence-corrected chi connectivity index (χ0v) is 11.4. The molecular formula is C14H12O5S. The van der Waals surface area contributed by atoms with Gasteiger partial charge in [0, 0.05) is 11.6 Å². The number of carbonyl (C=O) groups excluding carboxylic acids is 1. The van der Waals surface area contributed by atoms with E-state index in [4.69, 9.17) is 13.5 Å². The Labute approximate surface area is 118 Å². The Balaban J connectivity index is 2.44. The molecule has 0 aliphatic heterocycles. The Morgan fingerprint density at radius 1 is 1.15 bits per heavy atom. The highest BCUT2D eigenvalue weighted by Gasteiger charge is 2.17. The van der Waals surface area contributed by atoms with Crippen LogP contribution in [0.4, 0.5) is 0 Å². The molecule has 0 saturated carbocycles. The van der Waals surface area contributed by atoms with Crippen LogP contribution in [-0.4, -0.2) is 21.7 Å². The summed E-state index contributed by atoms with van der Waals surface area (Å²) in [6.45, 7) is 0. The van der Waals surface area contributed by atoms with Gasteiger partial charge in [0.2, 0.25) is 0 Å². The molecule has 104 valence electrons. The number of ether oxygens (including phenoxy) is 1. The van der Waals surface area contributed by atoms with Gasteiger partial charge in [-0.3, -0.25) is 9.35 Å². The lowest BCUT2D eigenvalue weighted by Gasteiger charge is -2.09. The molecule has 6 heteroatoms. The van der Waals surface area contributed by atoms with E-state index in [9.17, 15) is 9.00 Å². The van der Waals surface area contributed by atoms with Gasteiger partial charge in [-0.25, -0.2) is 0 Å². The van der Waals surface area contributed by atoms with Crippen molar-refractivity contribution in [2.24, 2.45) is 0 Å². The third kappa shape index (κ3) is 3.23. The highest BCUT2D eigenvalue weighted by atomic mass is 32.2. The average molecular weight is 292 g/mol. The predicted molar refractivity (Wildman–Crippen MR) is 74.3 cm³/mol. The molecule has 0 radical (unpaired) electrons. The molecule has 2 aromatic carbocycles. The molecule has 5 nitrogen and oxygen atoms in total. The van der Waals surface area contributed by atoms with Gasteiger partial charge in [0.25, 0.3) is 0 Å². The fourth-order valence-electron chi connectivity index (χ4n) is 1.71. The van der Waals surface area contributed by atoms with Crippen LogP contribution >= 0.6 is 0 Å². The second-order valence-corrected chi connectivity index (χ2v) is 4.46. The Morgan fingerprint density at radius 2 is 1.85 bits per heavy atom. The number of rotatable bonds is 5. The van der Waals surface area contributed by atoms with Crippen molar-refractivity contribution in [1.29, 1.82) is 0 Å². The molecule has 0 spiro atoms. The van der Waals surface area contributed by atoms with Gasteiger partial charge < -0.3 is 8.92 Å². The average Bonchev–Trinajstić information content (AvgIpc) is 2.46. The van der Waals surface area contributed by atoms with E-state index in [0.717, 1.165) is 0 Å². The molecule has 1 atom stereocenters. The van der Waals surface area contributed by atoms with Crippen LogP contribution in [0, 0.1) is 0 Å². The summed E-state index contributed by atoms with van der Waals surface area (Å²) >= 11 is -2.52. The highest BCUT2D eigenvalue weighted by molar-refractivity contribution is 7.74. The minimum absolute atomic E-state index is 0.000892. The van der Waals surface area contributed by atoms with Gasteiger partial charge in [-0.05, 0) is 12.1 Å².